The summed E-state index contributed by atoms with van der Waals surface area (Å²) < 4.78 is 6.76. The molecule has 9 nitrogen and oxygen atoms in total. The highest BCUT2D eigenvalue weighted by atomic mass is 16.5. The monoisotopic (exact) mass is 381 g/mol. The maximum atomic E-state index is 12.3. The quantitative estimate of drug-likeness (QED) is 0.669. The highest BCUT2D eigenvalue weighted by Crippen LogP contribution is 2.17. The van der Waals surface area contributed by atoms with Crippen LogP contribution >= 0.6 is 0 Å². The minimum absolute atomic E-state index is 0.192. The highest BCUT2D eigenvalue weighted by molar-refractivity contribution is 6.03. The molecular weight excluding hydrogens is 362 g/mol. The Hall–Kier alpha value is -3.75. The van der Waals surface area contributed by atoms with Crippen LogP contribution in [0.25, 0.3) is 11.0 Å². The summed E-state index contributed by atoms with van der Waals surface area (Å²) in [5.41, 5.74) is 2.08. The van der Waals surface area contributed by atoms with Gasteiger partial charge >= 0.3 is 12.0 Å². The molecule has 2 heterocycles. The molecule has 2 aromatic heterocycles. The Bertz CT molecular complexity index is 1050. The van der Waals surface area contributed by atoms with Crippen molar-refractivity contribution in [3.05, 3.63) is 53.9 Å². The first-order valence-corrected chi connectivity index (χ1v) is 8.52. The molecule has 0 bridgehead atoms. The minimum atomic E-state index is -1.17. The van der Waals surface area contributed by atoms with E-state index in [0.29, 0.717) is 11.3 Å². The number of anilines is 1. The summed E-state index contributed by atoms with van der Waals surface area (Å²) >= 11 is 0. The van der Waals surface area contributed by atoms with Crippen LogP contribution in [0.4, 0.5) is 10.5 Å². The molecule has 0 aliphatic rings. The molecule has 0 radical (unpaired) electrons. The first kappa shape index (κ1) is 19.0. The lowest BCUT2D eigenvalue weighted by atomic mass is 10.2. The molecule has 2 N–H and O–H groups in total. The SMILES string of the molecule is Cc1nn(C)c2ncc(C(=O)OC(C)C(=O)NC(=O)Nc3ccccc3)cc12. The molecule has 0 aliphatic carbocycles. The lowest BCUT2D eigenvalue weighted by Gasteiger charge is -2.13. The zero-order chi connectivity index (χ0) is 20.3. The van der Waals surface area contributed by atoms with E-state index in [1.54, 1.807) is 55.1 Å². The number of amides is 3. The number of benzene rings is 1. The van der Waals surface area contributed by atoms with Crippen LogP contribution in [0.15, 0.2) is 42.6 Å². The van der Waals surface area contributed by atoms with Crippen LogP contribution in [0.5, 0.6) is 0 Å². The molecule has 144 valence electrons. The average Bonchev–Trinajstić information content (AvgIpc) is 2.95. The maximum absolute atomic E-state index is 12.3. The van der Waals surface area contributed by atoms with Crippen molar-refractivity contribution >= 4 is 34.6 Å². The number of hydrogen-bond acceptors (Lipinski definition) is 6. The normalized spacial score (nSPS) is 11.7. The number of nitrogens with zero attached hydrogens (tertiary/aromatic N) is 3. The van der Waals surface area contributed by atoms with Crippen LogP contribution in [0.3, 0.4) is 0 Å². The van der Waals surface area contributed by atoms with Gasteiger partial charge in [-0.15, -0.1) is 0 Å². The first-order chi connectivity index (χ1) is 13.3. The van der Waals surface area contributed by atoms with Gasteiger partial charge in [0.1, 0.15) is 0 Å². The van der Waals surface area contributed by atoms with Gasteiger partial charge in [0.05, 0.1) is 11.3 Å². The van der Waals surface area contributed by atoms with Gasteiger partial charge in [0, 0.05) is 24.3 Å². The maximum Gasteiger partial charge on any atom is 0.340 e. The number of ether oxygens (including phenoxy) is 1. The Morgan fingerprint density at radius 1 is 1.18 bits per heavy atom. The molecule has 9 heteroatoms. The van der Waals surface area contributed by atoms with Crippen LogP contribution < -0.4 is 10.6 Å². The molecule has 28 heavy (non-hydrogen) atoms. The summed E-state index contributed by atoms with van der Waals surface area (Å²) in [6.45, 7) is 3.19. The molecule has 1 unspecified atom stereocenters. The van der Waals surface area contributed by atoms with Gasteiger partial charge in [-0.2, -0.15) is 5.10 Å². The smallest absolute Gasteiger partial charge is 0.340 e. The van der Waals surface area contributed by atoms with Gasteiger partial charge in [0.25, 0.3) is 5.91 Å². The van der Waals surface area contributed by atoms with Crippen LogP contribution in [-0.4, -0.2) is 38.8 Å². The van der Waals surface area contributed by atoms with Crippen LogP contribution in [-0.2, 0) is 16.6 Å². The van der Waals surface area contributed by atoms with Gasteiger partial charge in [-0.1, -0.05) is 18.2 Å². The second-order valence-electron chi connectivity index (χ2n) is 6.16. The van der Waals surface area contributed by atoms with E-state index in [1.165, 1.54) is 13.1 Å². The first-order valence-electron chi connectivity index (χ1n) is 8.52. The molecule has 0 saturated carbocycles. The molecule has 1 aromatic carbocycles. The van der Waals surface area contributed by atoms with Gasteiger partial charge in [-0.05, 0) is 32.0 Å². The number of para-hydroxylation sites is 1. The number of aromatic nitrogens is 3. The van der Waals surface area contributed by atoms with E-state index in [2.05, 4.69) is 20.7 Å². The van der Waals surface area contributed by atoms with Gasteiger partial charge in [-0.25, -0.2) is 14.6 Å². The number of aryl methyl sites for hydroxylation is 2. The molecule has 0 spiro atoms. The minimum Gasteiger partial charge on any atom is -0.449 e. The van der Waals surface area contributed by atoms with E-state index in [1.807, 2.05) is 0 Å². The van der Waals surface area contributed by atoms with E-state index in [9.17, 15) is 14.4 Å². The topological polar surface area (TPSA) is 115 Å². The van der Waals surface area contributed by atoms with Crippen molar-refractivity contribution in [2.75, 3.05) is 5.32 Å². The highest BCUT2D eigenvalue weighted by Gasteiger charge is 2.22. The van der Waals surface area contributed by atoms with Crippen molar-refractivity contribution in [1.82, 2.24) is 20.1 Å². The average molecular weight is 381 g/mol. The largest absolute Gasteiger partial charge is 0.449 e. The number of urea groups is 1. The third-order valence-corrected chi connectivity index (χ3v) is 4.02. The Morgan fingerprint density at radius 2 is 1.89 bits per heavy atom. The Kier molecular flexibility index (Phi) is 5.35. The van der Waals surface area contributed by atoms with Gasteiger partial charge in [-0.3, -0.25) is 14.8 Å². The molecule has 0 aliphatic heterocycles. The zero-order valence-electron chi connectivity index (χ0n) is 15.6. The van der Waals surface area contributed by atoms with Gasteiger partial charge < -0.3 is 10.1 Å². The molecule has 3 aromatic rings. The summed E-state index contributed by atoms with van der Waals surface area (Å²) in [4.78, 5) is 40.5. The number of carbonyl (C=O) groups excluding carboxylic acids is 3. The van der Waals surface area contributed by atoms with E-state index in [4.69, 9.17) is 4.74 Å². The fraction of sp³-hybridized carbons (Fsp3) is 0.211. The van der Waals surface area contributed by atoms with E-state index in [-0.39, 0.29) is 5.56 Å². The van der Waals surface area contributed by atoms with Crippen LogP contribution in [0, 0.1) is 6.92 Å². The van der Waals surface area contributed by atoms with Crippen molar-refractivity contribution in [3.63, 3.8) is 0 Å². The number of hydrogen-bond donors (Lipinski definition) is 2. The van der Waals surface area contributed by atoms with Crippen LogP contribution in [0.1, 0.15) is 23.0 Å². The Balaban J connectivity index is 1.61. The molecule has 0 fully saturated rings. The fourth-order valence-electron chi connectivity index (χ4n) is 2.60. The lowest BCUT2D eigenvalue weighted by molar-refractivity contribution is -0.127. The van der Waals surface area contributed by atoms with Crippen molar-refractivity contribution in [2.24, 2.45) is 7.05 Å². The van der Waals surface area contributed by atoms with Crippen molar-refractivity contribution < 1.29 is 19.1 Å². The molecular formula is C19H19N5O4. The Morgan fingerprint density at radius 3 is 2.61 bits per heavy atom. The lowest BCUT2D eigenvalue weighted by Crippen LogP contribution is -2.41. The Labute approximate surface area is 160 Å². The predicted molar refractivity (Wildman–Crippen MR) is 102 cm³/mol. The van der Waals surface area contributed by atoms with Crippen molar-refractivity contribution in [2.45, 2.75) is 20.0 Å². The number of fused-ring (bicyclic) bond motifs is 1. The summed E-state index contributed by atoms with van der Waals surface area (Å²) in [6.07, 6.45) is 0.193. The number of carbonyl (C=O) groups is 3. The standard InChI is InChI=1S/C19H19N5O4/c1-11-15-9-13(10-20-16(15)24(3)23-11)18(26)28-12(2)17(25)22-19(27)21-14-7-5-4-6-8-14/h4-10,12H,1-3H3,(H2,21,22,25,27). The summed E-state index contributed by atoms with van der Waals surface area (Å²) in [6, 6.07) is 9.55. The van der Waals surface area contributed by atoms with E-state index < -0.39 is 24.0 Å². The zero-order valence-corrected chi connectivity index (χ0v) is 15.6. The predicted octanol–water partition coefficient (Wildman–Crippen LogP) is 2.17. The van der Waals surface area contributed by atoms with E-state index in [0.717, 1.165) is 11.1 Å². The number of esters is 1. The summed E-state index contributed by atoms with van der Waals surface area (Å²) in [5.74, 6) is -1.46. The summed E-state index contributed by atoms with van der Waals surface area (Å²) in [7, 11) is 1.76. The molecule has 3 rings (SSSR count). The molecule has 1 atom stereocenters. The number of nitrogens with one attached hydrogen (secondary N) is 2. The van der Waals surface area contributed by atoms with E-state index >= 15 is 0 Å². The number of pyridine rings is 1. The molecule has 3 amide bonds. The van der Waals surface area contributed by atoms with Gasteiger partial charge in [0.15, 0.2) is 11.8 Å². The van der Waals surface area contributed by atoms with Crippen molar-refractivity contribution in [3.8, 4) is 0 Å². The molecule has 0 saturated heterocycles. The summed E-state index contributed by atoms with van der Waals surface area (Å²) in [5, 5.41) is 9.60. The fourth-order valence-corrected chi connectivity index (χ4v) is 2.60. The van der Waals surface area contributed by atoms with Crippen LogP contribution in [0.2, 0.25) is 0 Å². The number of rotatable bonds is 4. The van der Waals surface area contributed by atoms with Gasteiger partial charge in [0.2, 0.25) is 0 Å². The third kappa shape index (κ3) is 4.14. The number of imide groups is 1. The third-order valence-electron chi connectivity index (χ3n) is 4.02. The van der Waals surface area contributed by atoms with Crippen molar-refractivity contribution in [1.29, 1.82) is 0 Å². The second kappa shape index (κ2) is 7.87. The second-order valence-corrected chi connectivity index (χ2v) is 6.16.